The summed E-state index contributed by atoms with van der Waals surface area (Å²) >= 11 is 0. The summed E-state index contributed by atoms with van der Waals surface area (Å²) in [6.07, 6.45) is 4.51. The Bertz CT molecular complexity index is 367. The van der Waals surface area contributed by atoms with Crippen molar-refractivity contribution in [3.63, 3.8) is 0 Å². The molecule has 1 aliphatic rings. The molecule has 1 fully saturated rings. The molecule has 3 heteroatoms. The summed E-state index contributed by atoms with van der Waals surface area (Å²) in [5.41, 5.74) is 1.18. The first-order valence-electron chi connectivity index (χ1n) is 6.73. The Morgan fingerprint density at radius 3 is 2.44 bits per heavy atom. The quantitative estimate of drug-likeness (QED) is 0.836. The molecule has 1 saturated carbocycles. The Labute approximate surface area is 109 Å². The molecular weight excluding hydrogens is 229 g/mol. The molecule has 0 amide bonds. The van der Waals surface area contributed by atoms with Crippen LogP contribution in [0.4, 0.5) is 4.39 Å². The molecule has 1 aliphatic carbocycles. The third-order valence-corrected chi connectivity index (χ3v) is 4.05. The normalized spacial score (nSPS) is 19.3. The summed E-state index contributed by atoms with van der Waals surface area (Å²) in [6, 6.07) is 7.04. The number of ether oxygens (including phenoxy) is 1. The lowest BCUT2D eigenvalue weighted by molar-refractivity contribution is -0.0709. The van der Waals surface area contributed by atoms with E-state index in [1.54, 1.807) is 7.11 Å². The van der Waals surface area contributed by atoms with Crippen LogP contribution in [0.5, 0.6) is 0 Å². The lowest BCUT2D eigenvalue weighted by atomic mass is 9.79. The molecule has 0 radical (unpaired) electrons. The van der Waals surface area contributed by atoms with Crippen LogP contribution in [0.3, 0.4) is 0 Å². The molecule has 0 spiro atoms. The van der Waals surface area contributed by atoms with Crippen LogP contribution >= 0.6 is 0 Å². The molecule has 1 unspecified atom stereocenters. The SMILES string of the molecule is CCC(NCC1(OC)CCC1)c1ccc(F)cc1. The van der Waals surface area contributed by atoms with Crippen molar-refractivity contribution in [2.75, 3.05) is 13.7 Å². The Morgan fingerprint density at radius 2 is 2.00 bits per heavy atom. The zero-order chi connectivity index (χ0) is 13.0. The summed E-state index contributed by atoms with van der Waals surface area (Å²) in [7, 11) is 1.79. The molecule has 0 heterocycles. The molecule has 1 aromatic carbocycles. The van der Waals surface area contributed by atoms with Gasteiger partial charge >= 0.3 is 0 Å². The fourth-order valence-corrected chi connectivity index (χ4v) is 2.53. The van der Waals surface area contributed by atoms with Gasteiger partial charge in [0.1, 0.15) is 5.82 Å². The molecule has 2 nitrogen and oxygen atoms in total. The first-order chi connectivity index (χ1) is 8.69. The smallest absolute Gasteiger partial charge is 0.123 e. The van der Waals surface area contributed by atoms with Crippen LogP contribution in [0, 0.1) is 5.82 Å². The molecule has 18 heavy (non-hydrogen) atoms. The topological polar surface area (TPSA) is 21.3 Å². The molecule has 0 saturated heterocycles. The highest BCUT2D eigenvalue weighted by Crippen LogP contribution is 2.35. The van der Waals surface area contributed by atoms with Crippen LogP contribution in [0.25, 0.3) is 0 Å². The van der Waals surface area contributed by atoms with E-state index < -0.39 is 0 Å². The second-order valence-corrected chi connectivity index (χ2v) is 5.13. The summed E-state index contributed by atoms with van der Waals surface area (Å²) in [4.78, 5) is 0. The Morgan fingerprint density at radius 1 is 1.33 bits per heavy atom. The van der Waals surface area contributed by atoms with E-state index in [1.807, 2.05) is 12.1 Å². The van der Waals surface area contributed by atoms with Crippen LogP contribution in [0.15, 0.2) is 24.3 Å². The molecule has 100 valence electrons. The average Bonchev–Trinajstić information content (AvgIpc) is 2.35. The molecule has 0 bridgehead atoms. The molecule has 1 atom stereocenters. The van der Waals surface area contributed by atoms with Gasteiger partial charge in [0.15, 0.2) is 0 Å². The molecule has 1 N–H and O–H groups in total. The number of benzene rings is 1. The van der Waals surface area contributed by atoms with Crippen LogP contribution in [0.1, 0.15) is 44.2 Å². The van der Waals surface area contributed by atoms with E-state index >= 15 is 0 Å². The molecule has 1 aromatic rings. The van der Waals surface area contributed by atoms with E-state index in [4.69, 9.17) is 4.74 Å². The van der Waals surface area contributed by atoms with E-state index in [1.165, 1.54) is 18.6 Å². The third kappa shape index (κ3) is 2.90. The maximum atomic E-state index is 12.9. The predicted octanol–water partition coefficient (Wildman–Crippen LogP) is 3.44. The second kappa shape index (κ2) is 5.81. The molecule has 2 rings (SSSR count). The number of hydrogen-bond acceptors (Lipinski definition) is 2. The zero-order valence-corrected chi connectivity index (χ0v) is 11.2. The predicted molar refractivity (Wildman–Crippen MR) is 71.0 cm³/mol. The van der Waals surface area contributed by atoms with Gasteiger partial charge in [-0.15, -0.1) is 0 Å². The average molecular weight is 251 g/mol. The van der Waals surface area contributed by atoms with Crippen molar-refractivity contribution in [1.29, 1.82) is 0 Å². The summed E-state index contributed by atoms with van der Waals surface area (Å²) in [5, 5.41) is 3.55. The van der Waals surface area contributed by atoms with Crippen LogP contribution in [0.2, 0.25) is 0 Å². The van der Waals surface area contributed by atoms with Crippen LogP contribution in [-0.2, 0) is 4.74 Å². The first-order valence-corrected chi connectivity index (χ1v) is 6.73. The van der Waals surface area contributed by atoms with Crippen molar-refractivity contribution in [2.24, 2.45) is 0 Å². The van der Waals surface area contributed by atoms with Crippen molar-refractivity contribution in [3.05, 3.63) is 35.6 Å². The van der Waals surface area contributed by atoms with Crippen molar-refractivity contribution >= 4 is 0 Å². The van der Waals surface area contributed by atoms with E-state index in [9.17, 15) is 4.39 Å². The standard InChI is InChI=1S/C15H22FNO/c1-3-14(12-5-7-13(16)8-6-12)17-11-15(18-2)9-4-10-15/h5-8,14,17H,3-4,9-11H2,1-2H3. The van der Waals surface area contributed by atoms with E-state index in [0.29, 0.717) is 0 Å². The number of nitrogens with one attached hydrogen (secondary N) is 1. The summed E-state index contributed by atoms with van der Waals surface area (Å²) in [5.74, 6) is -0.180. The molecule has 0 aliphatic heterocycles. The van der Waals surface area contributed by atoms with Crippen molar-refractivity contribution in [1.82, 2.24) is 5.32 Å². The van der Waals surface area contributed by atoms with Gasteiger partial charge in [-0.25, -0.2) is 4.39 Å². The number of hydrogen-bond donors (Lipinski definition) is 1. The van der Waals surface area contributed by atoms with Gasteiger partial charge in [-0.1, -0.05) is 19.1 Å². The summed E-state index contributed by atoms with van der Waals surface area (Å²) < 4.78 is 18.5. The van der Waals surface area contributed by atoms with Crippen LogP contribution < -0.4 is 5.32 Å². The molecule has 0 aromatic heterocycles. The fourth-order valence-electron chi connectivity index (χ4n) is 2.53. The maximum Gasteiger partial charge on any atom is 0.123 e. The fraction of sp³-hybridized carbons (Fsp3) is 0.600. The highest BCUT2D eigenvalue weighted by atomic mass is 19.1. The Hall–Kier alpha value is -0.930. The zero-order valence-electron chi connectivity index (χ0n) is 11.2. The number of halogens is 1. The monoisotopic (exact) mass is 251 g/mol. The van der Waals surface area contributed by atoms with Crippen molar-refractivity contribution in [2.45, 2.75) is 44.2 Å². The van der Waals surface area contributed by atoms with Crippen LogP contribution in [-0.4, -0.2) is 19.3 Å². The van der Waals surface area contributed by atoms with E-state index in [0.717, 1.165) is 31.4 Å². The first kappa shape index (κ1) is 13.5. The summed E-state index contributed by atoms with van der Waals surface area (Å²) in [6.45, 7) is 3.01. The lowest BCUT2D eigenvalue weighted by Crippen LogP contribution is -2.48. The lowest BCUT2D eigenvalue weighted by Gasteiger charge is -2.41. The van der Waals surface area contributed by atoms with Gasteiger partial charge in [-0.2, -0.15) is 0 Å². The number of methoxy groups -OCH3 is 1. The minimum atomic E-state index is -0.180. The van der Waals surface area contributed by atoms with Gasteiger partial charge in [-0.05, 0) is 43.4 Å². The van der Waals surface area contributed by atoms with Gasteiger partial charge < -0.3 is 10.1 Å². The van der Waals surface area contributed by atoms with E-state index in [2.05, 4.69) is 12.2 Å². The van der Waals surface area contributed by atoms with E-state index in [-0.39, 0.29) is 17.5 Å². The Kier molecular flexibility index (Phi) is 4.36. The van der Waals surface area contributed by atoms with Gasteiger partial charge in [0.05, 0.1) is 5.60 Å². The second-order valence-electron chi connectivity index (χ2n) is 5.13. The Balaban J connectivity index is 1.95. The third-order valence-electron chi connectivity index (χ3n) is 4.05. The molecular formula is C15H22FNO. The minimum Gasteiger partial charge on any atom is -0.377 e. The minimum absolute atomic E-state index is 0.0352. The van der Waals surface area contributed by atoms with Crippen molar-refractivity contribution in [3.8, 4) is 0 Å². The van der Waals surface area contributed by atoms with Gasteiger partial charge in [0.25, 0.3) is 0 Å². The highest BCUT2D eigenvalue weighted by molar-refractivity contribution is 5.20. The largest absolute Gasteiger partial charge is 0.377 e. The van der Waals surface area contributed by atoms with Crippen molar-refractivity contribution < 1.29 is 9.13 Å². The van der Waals surface area contributed by atoms with Gasteiger partial charge in [0, 0.05) is 19.7 Å². The highest BCUT2D eigenvalue weighted by Gasteiger charge is 2.37. The number of rotatable bonds is 6. The maximum absolute atomic E-state index is 12.9. The van der Waals surface area contributed by atoms with Gasteiger partial charge in [0.2, 0.25) is 0 Å². The van der Waals surface area contributed by atoms with Gasteiger partial charge in [-0.3, -0.25) is 0 Å².